The molecule has 8 heteroatoms. The minimum Gasteiger partial charge on any atom is -0.493 e. The van der Waals surface area contributed by atoms with E-state index in [9.17, 15) is 0 Å². The average Bonchev–Trinajstić information content (AvgIpc) is 3.16. The summed E-state index contributed by atoms with van der Waals surface area (Å²) >= 11 is 0. The second-order valence-electron chi connectivity index (χ2n) is 8.21. The maximum Gasteiger partial charge on any atom is 0.191 e. The third-order valence-electron chi connectivity index (χ3n) is 5.73. The molecule has 2 aliphatic rings. The van der Waals surface area contributed by atoms with Gasteiger partial charge in [-0.1, -0.05) is 32.0 Å². The molecule has 0 saturated heterocycles. The molecular weight excluding hydrogens is 491 g/mol. The molecular formula is C22H33IN6O. The standard InChI is InChI=1S/C22H32N6O.HI/c1-4-23-22(24-13-16-11-12-29-19-8-6-5-7-18(16)19)25-17-9-10-20-26-27-21(15(2)3)28(20)14-17;/h5-8,15-17H,4,9-14H2,1-3H3,(H2,23,24,25);1H. The van der Waals surface area contributed by atoms with Crippen molar-refractivity contribution >= 4 is 29.9 Å². The number of ether oxygens (including phenoxy) is 1. The summed E-state index contributed by atoms with van der Waals surface area (Å²) in [6, 6.07) is 8.66. The summed E-state index contributed by atoms with van der Waals surface area (Å²) in [6.07, 6.45) is 3.00. The van der Waals surface area contributed by atoms with Gasteiger partial charge in [0, 0.05) is 43.9 Å². The average molecular weight is 524 g/mol. The largest absolute Gasteiger partial charge is 0.493 e. The Kier molecular flexibility index (Phi) is 7.96. The van der Waals surface area contributed by atoms with Crippen molar-refractivity contribution in [3.8, 4) is 5.75 Å². The summed E-state index contributed by atoms with van der Waals surface area (Å²) in [4.78, 5) is 4.93. The summed E-state index contributed by atoms with van der Waals surface area (Å²) in [5.74, 6) is 4.86. The molecule has 0 amide bonds. The maximum atomic E-state index is 5.79. The van der Waals surface area contributed by atoms with Gasteiger partial charge >= 0.3 is 0 Å². The zero-order valence-electron chi connectivity index (χ0n) is 18.1. The molecule has 2 N–H and O–H groups in total. The van der Waals surface area contributed by atoms with Crippen molar-refractivity contribution in [2.24, 2.45) is 4.99 Å². The van der Waals surface area contributed by atoms with Crippen molar-refractivity contribution in [2.45, 2.75) is 64.5 Å². The van der Waals surface area contributed by atoms with Gasteiger partial charge in [0.15, 0.2) is 5.96 Å². The number of benzene rings is 1. The van der Waals surface area contributed by atoms with Gasteiger partial charge in [-0.2, -0.15) is 0 Å². The first-order valence-corrected chi connectivity index (χ1v) is 10.8. The van der Waals surface area contributed by atoms with Crippen LogP contribution in [0.5, 0.6) is 5.75 Å². The lowest BCUT2D eigenvalue weighted by Gasteiger charge is -2.28. The molecule has 7 nitrogen and oxygen atoms in total. The molecule has 164 valence electrons. The molecule has 2 unspecified atom stereocenters. The summed E-state index contributed by atoms with van der Waals surface area (Å²) in [7, 11) is 0. The van der Waals surface area contributed by atoms with Gasteiger partial charge in [-0.15, -0.1) is 34.2 Å². The Labute approximate surface area is 196 Å². The van der Waals surface area contributed by atoms with Gasteiger partial charge in [0.2, 0.25) is 0 Å². The van der Waals surface area contributed by atoms with Crippen LogP contribution in [0.25, 0.3) is 0 Å². The molecule has 0 aliphatic carbocycles. The Morgan fingerprint density at radius 3 is 2.90 bits per heavy atom. The van der Waals surface area contributed by atoms with E-state index in [1.54, 1.807) is 0 Å². The van der Waals surface area contributed by atoms with Crippen molar-refractivity contribution in [3.63, 3.8) is 0 Å². The van der Waals surface area contributed by atoms with E-state index in [1.807, 2.05) is 6.07 Å². The highest BCUT2D eigenvalue weighted by Gasteiger charge is 2.25. The Morgan fingerprint density at radius 1 is 1.27 bits per heavy atom. The first-order chi connectivity index (χ1) is 14.2. The van der Waals surface area contributed by atoms with E-state index in [4.69, 9.17) is 9.73 Å². The van der Waals surface area contributed by atoms with E-state index in [0.717, 1.165) is 68.9 Å². The minimum atomic E-state index is 0. The lowest BCUT2D eigenvalue weighted by atomic mass is 9.93. The smallest absolute Gasteiger partial charge is 0.191 e. The second kappa shape index (κ2) is 10.5. The first-order valence-electron chi connectivity index (χ1n) is 10.8. The van der Waals surface area contributed by atoms with E-state index in [0.29, 0.717) is 17.9 Å². The fourth-order valence-corrected chi connectivity index (χ4v) is 4.21. The SMILES string of the molecule is CCNC(=NCC1CCOc2ccccc21)NC1CCc2nnc(C(C)C)n2C1.I. The van der Waals surface area contributed by atoms with E-state index in [2.05, 4.69) is 64.4 Å². The number of aliphatic imine (C=N–C) groups is 1. The van der Waals surface area contributed by atoms with Gasteiger partial charge in [-0.3, -0.25) is 4.99 Å². The number of nitrogens with one attached hydrogen (secondary N) is 2. The predicted molar refractivity (Wildman–Crippen MR) is 130 cm³/mol. The number of nitrogens with zero attached hydrogens (tertiary/aromatic N) is 4. The van der Waals surface area contributed by atoms with Crippen LogP contribution in [0.3, 0.4) is 0 Å². The number of rotatable bonds is 5. The molecule has 0 fully saturated rings. The molecule has 4 rings (SSSR count). The maximum absolute atomic E-state index is 5.79. The topological polar surface area (TPSA) is 76.4 Å². The number of aryl methyl sites for hydroxylation is 1. The highest BCUT2D eigenvalue weighted by Crippen LogP contribution is 2.33. The lowest BCUT2D eigenvalue weighted by molar-refractivity contribution is 0.269. The van der Waals surface area contributed by atoms with Crippen LogP contribution >= 0.6 is 24.0 Å². The highest BCUT2D eigenvalue weighted by atomic mass is 127. The lowest BCUT2D eigenvalue weighted by Crippen LogP contribution is -2.47. The molecule has 2 aliphatic heterocycles. The van der Waals surface area contributed by atoms with Crippen LogP contribution in [0.1, 0.15) is 62.7 Å². The van der Waals surface area contributed by atoms with Crippen LogP contribution in [0, 0.1) is 0 Å². The quantitative estimate of drug-likeness (QED) is 0.356. The summed E-state index contributed by atoms with van der Waals surface area (Å²) in [6.45, 7) is 9.71. The van der Waals surface area contributed by atoms with Gasteiger partial charge in [0.1, 0.15) is 17.4 Å². The van der Waals surface area contributed by atoms with Crippen molar-refractivity contribution < 1.29 is 4.74 Å². The van der Waals surface area contributed by atoms with Crippen molar-refractivity contribution in [1.82, 2.24) is 25.4 Å². The van der Waals surface area contributed by atoms with E-state index < -0.39 is 0 Å². The molecule has 0 spiro atoms. The Balaban J connectivity index is 0.00000256. The number of guanidine groups is 1. The summed E-state index contributed by atoms with van der Waals surface area (Å²) in [5.41, 5.74) is 1.27. The van der Waals surface area contributed by atoms with Crippen LogP contribution in [-0.2, 0) is 13.0 Å². The Hall–Kier alpha value is -1.84. The van der Waals surface area contributed by atoms with Crippen molar-refractivity contribution in [2.75, 3.05) is 19.7 Å². The molecule has 0 radical (unpaired) electrons. The molecule has 1 aromatic heterocycles. The monoisotopic (exact) mass is 524 g/mol. The molecule has 3 heterocycles. The van der Waals surface area contributed by atoms with Crippen LogP contribution in [0.2, 0.25) is 0 Å². The Bertz CT molecular complexity index is 865. The molecule has 0 saturated carbocycles. The number of para-hydroxylation sites is 1. The number of halogens is 1. The zero-order chi connectivity index (χ0) is 20.2. The third-order valence-corrected chi connectivity index (χ3v) is 5.73. The van der Waals surface area contributed by atoms with E-state index in [1.165, 1.54) is 5.56 Å². The number of fused-ring (bicyclic) bond motifs is 2. The fraction of sp³-hybridized carbons (Fsp3) is 0.591. The first kappa shape index (κ1) is 22.8. The third kappa shape index (κ3) is 5.07. The highest BCUT2D eigenvalue weighted by molar-refractivity contribution is 14.0. The minimum absolute atomic E-state index is 0. The number of hydrogen-bond donors (Lipinski definition) is 2. The molecule has 0 bridgehead atoms. The molecule has 1 aromatic carbocycles. The van der Waals surface area contributed by atoms with Gasteiger partial charge in [0.25, 0.3) is 0 Å². The van der Waals surface area contributed by atoms with Crippen LogP contribution < -0.4 is 15.4 Å². The van der Waals surface area contributed by atoms with E-state index >= 15 is 0 Å². The summed E-state index contributed by atoms with van der Waals surface area (Å²) in [5, 5.41) is 15.8. The Morgan fingerprint density at radius 2 is 2.10 bits per heavy atom. The van der Waals surface area contributed by atoms with Crippen molar-refractivity contribution in [1.29, 1.82) is 0 Å². The van der Waals surface area contributed by atoms with Crippen LogP contribution in [0.15, 0.2) is 29.3 Å². The van der Waals surface area contributed by atoms with Crippen LogP contribution in [-0.4, -0.2) is 46.5 Å². The van der Waals surface area contributed by atoms with Gasteiger partial charge in [-0.25, -0.2) is 0 Å². The van der Waals surface area contributed by atoms with Crippen LogP contribution in [0.4, 0.5) is 0 Å². The van der Waals surface area contributed by atoms with Crippen molar-refractivity contribution in [3.05, 3.63) is 41.5 Å². The second-order valence-corrected chi connectivity index (χ2v) is 8.21. The number of hydrogen-bond acceptors (Lipinski definition) is 4. The molecule has 2 atom stereocenters. The fourth-order valence-electron chi connectivity index (χ4n) is 4.21. The zero-order valence-corrected chi connectivity index (χ0v) is 20.4. The van der Waals surface area contributed by atoms with Gasteiger partial charge in [-0.05, 0) is 31.4 Å². The summed E-state index contributed by atoms with van der Waals surface area (Å²) < 4.78 is 8.07. The molecule has 2 aromatic rings. The predicted octanol–water partition coefficient (Wildman–Crippen LogP) is 3.46. The van der Waals surface area contributed by atoms with Gasteiger partial charge in [0.05, 0.1) is 6.61 Å². The number of aromatic nitrogens is 3. The van der Waals surface area contributed by atoms with Gasteiger partial charge < -0.3 is 19.9 Å². The normalized spacial score (nSPS) is 20.6. The molecule has 30 heavy (non-hydrogen) atoms. The van der Waals surface area contributed by atoms with E-state index in [-0.39, 0.29) is 24.0 Å².